The fourth-order valence-electron chi connectivity index (χ4n) is 3.58. The SMILES string of the molecule is O=C1CCSc2ccc(C(=O)N3CCN(c4cccc(C(F)(F)F)c4)CC3)cc2N1. The molecule has 2 aliphatic heterocycles. The van der Waals surface area contributed by atoms with Gasteiger partial charge in [-0.05, 0) is 36.4 Å². The van der Waals surface area contributed by atoms with Crippen LogP contribution in [-0.4, -0.2) is 48.6 Å². The largest absolute Gasteiger partial charge is 0.416 e. The van der Waals surface area contributed by atoms with Gasteiger partial charge in [-0.2, -0.15) is 13.2 Å². The Hall–Kier alpha value is -2.68. The van der Waals surface area contributed by atoms with Crippen molar-refractivity contribution in [2.45, 2.75) is 17.5 Å². The Kier molecular flexibility index (Phi) is 5.64. The van der Waals surface area contributed by atoms with Gasteiger partial charge in [0.2, 0.25) is 5.91 Å². The first-order valence-corrected chi connectivity index (χ1v) is 10.6. The molecule has 5 nitrogen and oxygen atoms in total. The van der Waals surface area contributed by atoms with Gasteiger partial charge < -0.3 is 15.1 Å². The third-order valence-corrected chi connectivity index (χ3v) is 6.27. The fourth-order valence-corrected chi connectivity index (χ4v) is 4.52. The summed E-state index contributed by atoms with van der Waals surface area (Å²) in [6.45, 7) is 1.72. The summed E-state index contributed by atoms with van der Waals surface area (Å²) in [5.74, 6) is 0.481. The fraction of sp³-hybridized carbons (Fsp3) is 0.333. The van der Waals surface area contributed by atoms with E-state index in [1.807, 2.05) is 11.0 Å². The zero-order valence-corrected chi connectivity index (χ0v) is 16.9. The van der Waals surface area contributed by atoms with Crippen molar-refractivity contribution >= 4 is 35.0 Å². The number of carbonyl (C=O) groups is 2. The van der Waals surface area contributed by atoms with Gasteiger partial charge in [0.15, 0.2) is 0 Å². The van der Waals surface area contributed by atoms with E-state index in [0.717, 1.165) is 17.0 Å². The van der Waals surface area contributed by atoms with Crippen LogP contribution < -0.4 is 10.2 Å². The van der Waals surface area contributed by atoms with E-state index >= 15 is 0 Å². The minimum atomic E-state index is -4.38. The minimum Gasteiger partial charge on any atom is -0.368 e. The molecule has 1 fully saturated rings. The van der Waals surface area contributed by atoms with Crippen LogP contribution in [0.5, 0.6) is 0 Å². The lowest BCUT2D eigenvalue weighted by Gasteiger charge is -2.36. The lowest BCUT2D eigenvalue weighted by Crippen LogP contribution is -2.48. The van der Waals surface area contributed by atoms with Crippen molar-refractivity contribution in [1.29, 1.82) is 0 Å². The lowest BCUT2D eigenvalue weighted by molar-refractivity contribution is -0.137. The summed E-state index contributed by atoms with van der Waals surface area (Å²) >= 11 is 1.58. The van der Waals surface area contributed by atoms with E-state index in [-0.39, 0.29) is 11.8 Å². The number of anilines is 2. The molecule has 0 radical (unpaired) electrons. The molecule has 30 heavy (non-hydrogen) atoms. The van der Waals surface area contributed by atoms with Crippen LogP contribution in [0.2, 0.25) is 0 Å². The predicted octanol–water partition coefficient (Wildman–Crippen LogP) is 4.10. The molecule has 158 valence electrons. The van der Waals surface area contributed by atoms with Crippen LogP contribution in [0.1, 0.15) is 22.3 Å². The first kappa shape index (κ1) is 20.6. The third-order valence-electron chi connectivity index (χ3n) is 5.19. The van der Waals surface area contributed by atoms with Crippen molar-refractivity contribution in [3.63, 3.8) is 0 Å². The van der Waals surface area contributed by atoms with Crippen LogP contribution in [0, 0.1) is 0 Å². The topological polar surface area (TPSA) is 52.7 Å². The van der Waals surface area contributed by atoms with E-state index in [0.29, 0.717) is 55.3 Å². The number of rotatable bonds is 2. The highest BCUT2D eigenvalue weighted by Crippen LogP contribution is 2.33. The summed E-state index contributed by atoms with van der Waals surface area (Å²) in [7, 11) is 0. The van der Waals surface area contributed by atoms with Crippen LogP contribution in [-0.2, 0) is 11.0 Å². The molecular weight excluding hydrogens is 415 g/mol. The molecule has 0 saturated carbocycles. The van der Waals surface area contributed by atoms with Gasteiger partial charge in [-0.15, -0.1) is 11.8 Å². The maximum atomic E-state index is 13.0. The molecule has 0 atom stereocenters. The number of amides is 2. The standard InChI is InChI=1S/C21H20F3N3O2S/c22-21(23,24)15-2-1-3-16(13-15)26-7-9-27(10-8-26)20(29)14-4-5-18-17(12-14)25-19(28)6-11-30-18/h1-5,12-13H,6-11H2,(H,25,28). The molecule has 0 bridgehead atoms. The van der Waals surface area contributed by atoms with Gasteiger partial charge in [0, 0.05) is 54.5 Å². The molecule has 2 amide bonds. The average molecular weight is 435 g/mol. The lowest BCUT2D eigenvalue weighted by atomic mass is 10.1. The number of hydrogen-bond acceptors (Lipinski definition) is 4. The van der Waals surface area contributed by atoms with Crippen molar-refractivity contribution in [3.05, 3.63) is 53.6 Å². The third kappa shape index (κ3) is 4.40. The van der Waals surface area contributed by atoms with Gasteiger partial charge in [-0.25, -0.2) is 0 Å². The van der Waals surface area contributed by atoms with Gasteiger partial charge in [0.1, 0.15) is 0 Å². The summed E-state index contributed by atoms with van der Waals surface area (Å²) in [4.78, 5) is 29.2. The van der Waals surface area contributed by atoms with Crippen LogP contribution in [0.15, 0.2) is 47.4 Å². The number of thioether (sulfide) groups is 1. The van der Waals surface area contributed by atoms with Gasteiger partial charge in [-0.3, -0.25) is 9.59 Å². The van der Waals surface area contributed by atoms with Crippen LogP contribution in [0.25, 0.3) is 0 Å². The molecule has 1 saturated heterocycles. The van der Waals surface area contributed by atoms with Crippen LogP contribution in [0.3, 0.4) is 0 Å². The van der Waals surface area contributed by atoms with E-state index < -0.39 is 11.7 Å². The zero-order valence-electron chi connectivity index (χ0n) is 16.0. The van der Waals surface area contributed by atoms with Gasteiger partial charge >= 0.3 is 6.18 Å². The Labute approximate surface area is 176 Å². The molecule has 2 heterocycles. The first-order valence-electron chi connectivity index (χ1n) is 9.59. The molecule has 1 N–H and O–H groups in total. The van der Waals surface area contributed by atoms with Gasteiger partial charge in [-0.1, -0.05) is 6.07 Å². The Bertz CT molecular complexity index is 972. The highest BCUT2D eigenvalue weighted by atomic mass is 32.2. The summed E-state index contributed by atoms with van der Waals surface area (Å²) < 4.78 is 38.9. The summed E-state index contributed by atoms with van der Waals surface area (Å²) in [6, 6.07) is 10.6. The summed E-state index contributed by atoms with van der Waals surface area (Å²) in [5, 5.41) is 2.84. The van der Waals surface area contributed by atoms with E-state index in [4.69, 9.17) is 0 Å². The Balaban J connectivity index is 1.43. The second-order valence-corrected chi connectivity index (χ2v) is 8.32. The van der Waals surface area contributed by atoms with Crippen molar-refractivity contribution in [2.24, 2.45) is 0 Å². The number of fused-ring (bicyclic) bond motifs is 1. The monoisotopic (exact) mass is 435 g/mol. The molecule has 2 aromatic rings. The summed E-state index contributed by atoms with van der Waals surface area (Å²) in [6.07, 6.45) is -3.95. The highest BCUT2D eigenvalue weighted by molar-refractivity contribution is 7.99. The number of nitrogens with one attached hydrogen (secondary N) is 1. The normalized spacial score (nSPS) is 17.2. The second kappa shape index (κ2) is 8.22. The number of alkyl halides is 3. The number of piperazine rings is 1. The van der Waals surface area contributed by atoms with E-state index in [9.17, 15) is 22.8 Å². The van der Waals surface area contributed by atoms with Crippen molar-refractivity contribution in [3.8, 4) is 0 Å². The van der Waals surface area contributed by atoms with Crippen molar-refractivity contribution in [2.75, 3.05) is 42.1 Å². The Morgan fingerprint density at radius 2 is 1.80 bits per heavy atom. The minimum absolute atomic E-state index is 0.0689. The van der Waals surface area contributed by atoms with Gasteiger partial charge in [0.05, 0.1) is 11.3 Å². The average Bonchev–Trinajstić information content (AvgIpc) is 2.92. The highest BCUT2D eigenvalue weighted by Gasteiger charge is 2.31. The molecule has 2 aromatic carbocycles. The number of hydrogen-bond donors (Lipinski definition) is 1. The quantitative estimate of drug-likeness (QED) is 0.772. The molecule has 0 aliphatic carbocycles. The molecule has 9 heteroatoms. The molecule has 2 aliphatic rings. The van der Waals surface area contributed by atoms with Crippen LogP contribution >= 0.6 is 11.8 Å². The second-order valence-electron chi connectivity index (χ2n) is 7.18. The van der Waals surface area contributed by atoms with Crippen molar-refractivity contribution < 1.29 is 22.8 Å². The summed E-state index contributed by atoms with van der Waals surface area (Å²) in [5.41, 5.74) is 0.963. The predicted molar refractivity (Wildman–Crippen MR) is 110 cm³/mol. The molecule has 0 unspecified atom stereocenters. The van der Waals surface area contributed by atoms with E-state index in [1.165, 1.54) is 6.07 Å². The maximum Gasteiger partial charge on any atom is 0.416 e. The first-order chi connectivity index (χ1) is 14.3. The molecule has 0 aromatic heterocycles. The van der Waals surface area contributed by atoms with Crippen LogP contribution in [0.4, 0.5) is 24.5 Å². The smallest absolute Gasteiger partial charge is 0.368 e. The number of benzene rings is 2. The Morgan fingerprint density at radius 3 is 2.53 bits per heavy atom. The maximum absolute atomic E-state index is 13.0. The zero-order chi connectivity index (χ0) is 21.3. The number of nitrogens with zero attached hydrogens (tertiary/aromatic N) is 2. The molecular formula is C21H20F3N3O2S. The van der Waals surface area contributed by atoms with Gasteiger partial charge in [0.25, 0.3) is 5.91 Å². The molecule has 0 spiro atoms. The number of carbonyl (C=O) groups excluding carboxylic acids is 2. The number of halogens is 3. The molecule has 4 rings (SSSR count). The van der Waals surface area contributed by atoms with E-state index in [1.54, 1.807) is 34.9 Å². The Morgan fingerprint density at radius 1 is 1.03 bits per heavy atom. The van der Waals surface area contributed by atoms with Crippen molar-refractivity contribution in [1.82, 2.24) is 4.90 Å². The van der Waals surface area contributed by atoms with E-state index in [2.05, 4.69) is 5.32 Å².